The van der Waals surface area contributed by atoms with Crippen molar-refractivity contribution in [3.05, 3.63) is 47.2 Å². The number of aliphatic hydroxyl groups is 2. The number of ketones is 1. The second kappa shape index (κ2) is 7.58. The molecule has 0 radical (unpaired) electrons. The Morgan fingerprint density at radius 1 is 1.16 bits per heavy atom. The summed E-state index contributed by atoms with van der Waals surface area (Å²) in [4.78, 5) is 13.4. The van der Waals surface area contributed by atoms with Gasteiger partial charge in [-0.05, 0) is 63.2 Å². The van der Waals surface area contributed by atoms with Crippen molar-refractivity contribution in [3.8, 4) is 0 Å². The zero-order chi connectivity index (χ0) is 26.9. The summed E-state index contributed by atoms with van der Waals surface area (Å²) in [6.07, 6.45) is 3.95. The molecule has 204 valence electrons. The zero-order valence-corrected chi connectivity index (χ0v) is 23.0. The molecule has 2 saturated carbocycles. The number of rotatable bonds is 4. The molecule has 2 aromatic rings. The lowest BCUT2D eigenvalue weighted by molar-refractivity contribution is -0.281. The number of aromatic nitrogens is 1. The van der Waals surface area contributed by atoms with Crippen molar-refractivity contribution in [1.29, 1.82) is 0 Å². The van der Waals surface area contributed by atoms with Crippen LogP contribution in [0.15, 0.2) is 35.9 Å². The maximum absolute atomic E-state index is 13.4. The molecule has 0 amide bonds. The summed E-state index contributed by atoms with van der Waals surface area (Å²) in [7, 11) is 0. The standard InChI is InChI=1S/C31H39NO6/c1-6-13-36-24-15-18-14-20-19-9-7-8-10-21(19)32(17-33)25(20)29(18,5)28(4)11-12-30-23(31(24,28)35)16-22(34)26(37-30)27(2,3)38-30/h7-10,16,18,24,26,33,35H,6,11-15,17H2,1-5H3/t18-,24+,26+,28-,29-,30+,31+/m1/s1. The molecule has 38 heavy (non-hydrogen) atoms. The van der Waals surface area contributed by atoms with E-state index in [1.54, 1.807) is 6.08 Å². The molecule has 3 fully saturated rings. The maximum atomic E-state index is 13.4. The molecule has 1 spiro atoms. The van der Waals surface area contributed by atoms with E-state index in [1.807, 2.05) is 24.5 Å². The van der Waals surface area contributed by atoms with E-state index in [1.165, 1.54) is 5.56 Å². The van der Waals surface area contributed by atoms with Crippen LogP contribution in [0.3, 0.4) is 0 Å². The second-order valence-corrected chi connectivity index (χ2v) is 13.1. The van der Waals surface area contributed by atoms with Crippen LogP contribution in [0.5, 0.6) is 0 Å². The molecule has 1 saturated heterocycles. The largest absolute Gasteiger partial charge is 0.382 e. The molecular formula is C31H39NO6. The number of hydrogen-bond donors (Lipinski definition) is 2. The molecule has 2 N–H and O–H groups in total. The monoisotopic (exact) mass is 521 g/mol. The van der Waals surface area contributed by atoms with E-state index in [0.29, 0.717) is 31.4 Å². The van der Waals surface area contributed by atoms with Crippen molar-refractivity contribution in [3.63, 3.8) is 0 Å². The molecule has 2 aliphatic heterocycles. The fourth-order valence-corrected chi connectivity index (χ4v) is 9.29. The summed E-state index contributed by atoms with van der Waals surface area (Å²) in [5.74, 6) is -1.09. The third-order valence-electron chi connectivity index (χ3n) is 11.1. The normalized spacial score (nSPS) is 42.4. The molecule has 3 heterocycles. The average Bonchev–Trinajstić information content (AvgIpc) is 3.45. The second-order valence-electron chi connectivity index (χ2n) is 13.1. The van der Waals surface area contributed by atoms with Gasteiger partial charge in [0.2, 0.25) is 0 Å². The molecule has 7 heteroatoms. The Balaban J connectivity index is 1.48. The van der Waals surface area contributed by atoms with Gasteiger partial charge in [-0.1, -0.05) is 39.0 Å². The zero-order valence-electron chi connectivity index (χ0n) is 23.0. The lowest BCUT2D eigenvalue weighted by atomic mass is 9.41. The number of para-hydroxylation sites is 1. The van der Waals surface area contributed by atoms with Gasteiger partial charge in [0.15, 0.2) is 17.7 Å². The number of nitrogens with zero attached hydrogens (tertiary/aromatic N) is 1. The number of ether oxygens (including phenoxy) is 3. The van der Waals surface area contributed by atoms with E-state index in [0.717, 1.165) is 29.4 Å². The first-order valence-corrected chi connectivity index (χ1v) is 14.2. The van der Waals surface area contributed by atoms with Crippen LogP contribution in [0.1, 0.15) is 71.6 Å². The van der Waals surface area contributed by atoms with Gasteiger partial charge in [-0.15, -0.1) is 0 Å². The predicted octanol–water partition coefficient (Wildman–Crippen LogP) is 4.15. The molecule has 7 rings (SSSR count). The third kappa shape index (κ3) is 2.61. The first-order valence-electron chi connectivity index (χ1n) is 14.2. The average molecular weight is 522 g/mol. The van der Waals surface area contributed by atoms with Crippen LogP contribution in [0.4, 0.5) is 0 Å². The van der Waals surface area contributed by atoms with Crippen LogP contribution in [0.2, 0.25) is 0 Å². The van der Waals surface area contributed by atoms with Crippen molar-refractivity contribution >= 4 is 16.7 Å². The van der Waals surface area contributed by atoms with Crippen molar-refractivity contribution in [2.75, 3.05) is 6.61 Å². The molecule has 7 nitrogen and oxygen atoms in total. The van der Waals surface area contributed by atoms with Crippen molar-refractivity contribution in [1.82, 2.24) is 4.57 Å². The molecule has 1 aromatic carbocycles. The van der Waals surface area contributed by atoms with E-state index < -0.39 is 40.0 Å². The SMILES string of the molecule is CCCO[C@H]1C[C@H]2Cc3c(n(CO)c4ccccc34)[C@]2(C)[C@@]2(C)CC[C@@]34O[C@@H](C(=O)C=C3[C@]12O)C(C)(C)O4. The Morgan fingerprint density at radius 2 is 1.92 bits per heavy atom. The van der Waals surface area contributed by atoms with E-state index >= 15 is 0 Å². The Morgan fingerprint density at radius 3 is 2.66 bits per heavy atom. The van der Waals surface area contributed by atoms with Gasteiger partial charge in [-0.3, -0.25) is 4.79 Å². The lowest BCUT2D eigenvalue weighted by Gasteiger charge is -2.67. The van der Waals surface area contributed by atoms with Gasteiger partial charge in [-0.2, -0.15) is 0 Å². The maximum Gasteiger partial charge on any atom is 0.195 e. The van der Waals surface area contributed by atoms with Crippen LogP contribution < -0.4 is 0 Å². The van der Waals surface area contributed by atoms with Gasteiger partial charge >= 0.3 is 0 Å². The third-order valence-corrected chi connectivity index (χ3v) is 11.1. The molecule has 5 aliphatic rings. The van der Waals surface area contributed by atoms with Crippen LogP contribution in [0.25, 0.3) is 10.9 Å². The minimum absolute atomic E-state index is 0.129. The Hall–Kier alpha value is -2.03. The van der Waals surface area contributed by atoms with Gasteiger partial charge in [0.05, 0.1) is 11.6 Å². The van der Waals surface area contributed by atoms with Crippen LogP contribution in [-0.4, -0.2) is 56.4 Å². The van der Waals surface area contributed by atoms with Gasteiger partial charge in [0.1, 0.15) is 17.9 Å². The minimum Gasteiger partial charge on any atom is -0.382 e. The molecule has 2 bridgehead atoms. The molecule has 1 aromatic heterocycles. The van der Waals surface area contributed by atoms with Crippen LogP contribution >= 0.6 is 0 Å². The first-order chi connectivity index (χ1) is 18.0. The van der Waals surface area contributed by atoms with Gasteiger partial charge in [0, 0.05) is 40.5 Å². The van der Waals surface area contributed by atoms with Crippen molar-refractivity contribution < 1.29 is 29.2 Å². The smallest absolute Gasteiger partial charge is 0.195 e. The van der Waals surface area contributed by atoms with E-state index in [-0.39, 0.29) is 18.4 Å². The highest BCUT2D eigenvalue weighted by Gasteiger charge is 2.78. The first kappa shape index (κ1) is 25.0. The summed E-state index contributed by atoms with van der Waals surface area (Å²) >= 11 is 0. The topological polar surface area (TPSA) is 90.2 Å². The number of aliphatic hydroxyl groups excluding tert-OH is 1. The number of carbonyl (C=O) groups excluding carboxylic acids is 1. The summed E-state index contributed by atoms with van der Waals surface area (Å²) < 4.78 is 21.6. The number of benzene rings is 1. The summed E-state index contributed by atoms with van der Waals surface area (Å²) in [5, 5.41) is 25.0. The van der Waals surface area contributed by atoms with Gasteiger partial charge in [-0.25, -0.2) is 0 Å². The minimum atomic E-state index is -1.49. The Bertz CT molecular complexity index is 1390. The Kier molecular flexibility index (Phi) is 4.98. The highest BCUT2D eigenvalue weighted by Crippen LogP contribution is 2.72. The Labute approximate surface area is 223 Å². The number of fused-ring (bicyclic) bond motifs is 9. The molecule has 3 aliphatic carbocycles. The van der Waals surface area contributed by atoms with Gasteiger partial charge < -0.3 is 29.0 Å². The fourth-order valence-electron chi connectivity index (χ4n) is 9.29. The van der Waals surface area contributed by atoms with Crippen LogP contribution in [0, 0.1) is 11.3 Å². The van der Waals surface area contributed by atoms with E-state index in [9.17, 15) is 15.0 Å². The predicted molar refractivity (Wildman–Crippen MR) is 141 cm³/mol. The summed E-state index contributed by atoms with van der Waals surface area (Å²) in [6, 6.07) is 8.26. The highest BCUT2D eigenvalue weighted by atomic mass is 16.8. The molecular weight excluding hydrogens is 482 g/mol. The lowest BCUT2D eigenvalue weighted by Crippen LogP contribution is -2.75. The summed E-state index contributed by atoms with van der Waals surface area (Å²) in [5.41, 5.74) is 0.416. The van der Waals surface area contributed by atoms with E-state index in [4.69, 9.17) is 14.2 Å². The number of hydrogen-bond acceptors (Lipinski definition) is 6. The van der Waals surface area contributed by atoms with Gasteiger partial charge in [0.25, 0.3) is 0 Å². The number of carbonyl (C=O) groups is 1. The fraction of sp³-hybridized carbons (Fsp3) is 0.645. The highest BCUT2D eigenvalue weighted by molar-refractivity contribution is 5.97. The van der Waals surface area contributed by atoms with Crippen molar-refractivity contribution in [2.45, 2.75) is 108 Å². The summed E-state index contributed by atoms with van der Waals surface area (Å²) in [6.45, 7) is 10.7. The molecule has 0 unspecified atom stereocenters. The molecule has 7 atom stereocenters. The quantitative estimate of drug-likeness (QED) is 0.628. The van der Waals surface area contributed by atoms with Crippen LogP contribution in [-0.2, 0) is 37.6 Å². The van der Waals surface area contributed by atoms with Crippen molar-refractivity contribution in [2.24, 2.45) is 11.3 Å². The van der Waals surface area contributed by atoms with E-state index in [2.05, 4.69) is 39.0 Å².